The Labute approximate surface area is 460 Å². The maximum absolute atomic E-state index is 8.74. The number of rotatable bonds is 4. The van der Waals surface area contributed by atoms with Gasteiger partial charge in [0.2, 0.25) is 0 Å². The largest absolute Gasteiger partial charge is 0.326 e. The number of hydrogen-bond acceptors (Lipinski definition) is 2. The van der Waals surface area contributed by atoms with Crippen LogP contribution in [0.2, 0.25) is 0 Å². The van der Waals surface area contributed by atoms with E-state index >= 15 is 0 Å². The summed E-state index contributed by atoms with van der Waals surface area (Å²) < 4.78 is 17.5. The molecule has 412 valence electrons. The van der Waals surface area contributed by atoms with E-state index in [4.69, 9.17) is 28.7 Å². The highest BCUT2D eigenvalue weighted by molar-refractivity contribution is 7.31. The van der Waals surface area contributed by atoms with Gasteiger partial charge in [-0.15, -0.1) is 0 Å². The van der Waals surface area contributed by atoms with Crippen LogP contribution in [-0.4, -0.2) is 19.6 Å². The van der Waals surface area contributed by atoms with Crippen LogP contribution in [-0.2, 0) is 52.5 Å². The molecule has 1 aliphatic rings. The van der Waals surface area contributed by atoms with E-state index in [1.165, 1.54) is 111 Å². The van der Waals surface area contributed by atoms with Gasteiger partial charge in [0, 0.05) is 0 Å². The van der Waals surface area contributed by atoms with E-state index in [-0.39, 0.29) is 43.3 Å². The fourth-order valence-electron chi connectivity index (χ4n) is 10.6. The maximum atomic E-state index is 8.74. The van der Waals surface area contributed by atoms with Gasteiger partial charge in [-0.25, -0.2) is 0 Å². The first-order valence-corrected chi connectivity index (χ1v) is 29.7. The van der Waals surface area contributed by atoms with Gasteiger partial charge in [-0.1, -0.05) is 263 Å². The molecule has 6 aromatic rings. The summed E-state index contributed by atoms with van der Waals surface area (Å²) in [5.41, 5.74) is 26.6. The molecular formula is C68H94O6P2. The molecule has 0 saturated carbocycles. The van der Waals surface area contributed by atoms with Crippen molar-refractivity contribution in [2.75, 3.05) is 0 Å². The van der Waals surface area contributed by atoms with Gasteiger partial charge in [0.1, 0.15) is 0 Å². The third-order valence-corrected chi connectivity index (χ3v) is 14.8. The molecule has 0 aromatic heterocycles. The van der Waals surface area contributed by atoms with E-state index in [9.17, 15) is 0 Å². The second-order valence-electron chi connectivity index (χ2n) is 29.4. The van der Waals surface area contributed by atoms with E-state index in [1.54, 1.807) is 0 Å². The Hall–Kier alpha value is -4.38. The van der Waals surface area contributed by atoms with Crippen molar-refractivity contribution in [3.63, 3.8) is 0 Å². The molecule has 0 bridgehead atoms. The van der Waals surface area contributed by atoms with Crippen LogP contribution < -0.4 is 0 Å². The van der Waals surface area contributed by atoms with E-state index in [0.29, 0.717) is 0 Å². The van der Waals surface area contributed by atoms with E-state index in [2.05, 4.69) is 263 Å². The van der Waals surface area contributed by atoms with Gasteiger partial charge in [-0.3, -0.25) is 9.13 Å². The smallest absolute Gasteiger partial charge is 0.314 e. The zero-order valence-corrected chi connectivity index (χ0v) is 52.8. The van der Waals surface area contributed by atoms with Crippen LogP contribution in [0.25, 0.3) is 66.8 Å². The zero-order chi connectivity index (χ0) is 58.0. The Morgan fingerprint density at radius 2 is 0.408 bits per heavy atom. The molecule has 8 heteroatoms. The molecule has 0 unspecified atom stereocenters. The molecule has 0 saturated heterocycles. The zero-order valence-electron chi connectivity index (χ0n) is 50.8. The summed E-state index contributed by atoms with van der Waals surface area (Å²) in [6.45, 7) is 57.4. The first kappa shape index (κ1) is 62.5. The van der Waals surface area contributed by atoms with Gasteiger partial charge in [0.15, 0.2) is 0 Å². The van der Waals surface area contributed by atoms with Crippen molar-refractivity contribution in [1.82, 2.24) is 0 Å². The molecular weight excluding hydrogens is 975 g/mol. The summed E-state index contributed by atoms with van der Waals surface area (Å²) in [5, 5.41) is 0. The minimum atomic E-state index is -3.13. The molecule has 0 spiro atoms. The Morgan fingerprint density at radius 3 is 0.553 bits per heavy atom. The third-order valence-electron chi connectivity index (χ3n) is 14.8. The molecule has 6 nitrogen and oxygen atoms in total. The Bertz CT molecular complexity index is 2950. The Kier molecular flexibility index (Phi) is 17.8. The van der Waals surface area contributed by atoms with Gasteiger partial charge in [-0.2, -0.15) is 0 Å². The van der Waals surface area contributed by atoms with Crippen molar-refractivity contribution in [3.8, 4) is 66.8 Å². The van der Waals surface area contributed by atoms with Crippen LogP contribution in [0.15, 0.2) is 97.1 Å². The molecule has 0 amide bonds. The SMILES string of the molecule is CC(C)(C)c1ccc(-c2c3c(c(-c4ccc(C(C)(C)C)cc4C(C)(C)C)c(-c4ccc(C(C)(C)C)cc4C(C)(C)C)c2-c2ccc(C(C)(C)C)cc2C(C)(C)C)-c2ccccc2-3)c(C(C)(C)C)c1.O=[PH](O)O.O=[PH](O)O. The summed E-state index contributed by atoms with van der Waals surface area (Å²) in [6.07, 6.45) is 0. The van der Waals surface area contributed by atoms with Gasteiger partial charge < -0.3 is 19.6 Å². The normalized spacial score (nSPS) is 13.3. The first-order chi connectivity index (χ1) is 34.3. The Balaban J connectivity index is 0.00000124. The first-order valence-electron chi connectivity index (χ1n) is 27.1. The summed E-state index contributed by atoms with van der Waals surface area (Å²) in [5.74, 6) is 0. The minimum Gasteiger partial charge on any atom is -0.326 e. The second-order valence-corrected chi connectivity index (χ2v) is 30.5. The molecule has 0 aliphatic heterocycles. The van der Waals surface area contributed by atoms with Gasteiger partial charge >= 0.3 is 16.5 Å². The predicted molar refractivity (Wildman–Crippen MR) is 329 cm³/mol. The van der Waals surface area contributed by atoms with Gasteiger partial charge in [-0.05, 0) is 155 Å². The van der Waals surface area contributed by atoms with Crippen molar-refractivity contribution in [2.24, 2.45) is 0 Å². The van der Waals surface area contributed by atoms with Crippen molar-refractivity contribution < 1.29 is 28.7 Å². The number of hydrogen-bond donors (Lipinski definition) is 4. The van der Waals surface area contributed by atoms with E-state index in [1.807, 2.05) is 0 Å². The van der Waals surface area contributed by atoms with Crippen molar-refractivity contribution >= 4 is 16.5 Å². The average molecular weight is 1070 g/mol. The summed E-state index contributed by atoms with van der Waals surface area (Å²) >= 11 is 0. The molecule has 0 atom stereocenters. The molecule has 6 aromatic carbocycles. The highest BCUT2D eigenvalue weighted by Crippen LogP contribution is 2.65. The predicted octanol–water partition coefficient (Wildman–Crippen LogP) is 19.1. The van der Waals surface area contributed by atoms with Gasteiger partial charge in [0.25, 0.3) is 0 Å². The lowest BCUT2D eigenvalue weighted by molar-refractivity contribution is 0.403. The van der Waals surface area contributed by atoms with Crippen LogP contribution in [0.3, 0.4) is 0 Å². The lowest BCUT2D eigenvalue weighted by atomic mass is 9.63. The van der Waals surface area contributed by atoms with Crippen LogP contribution in [0.5, 0.6) is 0 Å². The highest BCUT2D eigenvalue weighted by atomic mass is 31.1. The number of fused-ring (bicyclic) bond motifs is 4. The quantitative estimate of drug-likeness (QED) is 0.131. The lowest BCUT2D eigenvalue weighted by Gasteiger charge is -2.40. The van der Waals surface area contributed by atoms with Gasteiger partial charge in [0.05, 0.1) is 0 Å². The molecule has 4 N–H and O–H groups in total. The molecule has 0 heterocycles. The summed E-state index contributed by atoms with van der Waals surface area (Å²) in [7, 11) is -6.26. The topological polar surface area (TPSA) is 115 Å². The molecule has 7 rings (SSSR count). The molecule has 0 fully saturated rings. The van der Waals surface area contributed by atoms with Crippen LogP contribution in [0, 0.1) is 0 Å². The maximum Gasteiger partial charge on any atom is 0.314 e. The van der Waals surface area contributed by atoms with Crippen molar-refractivity contribution in [3.05, 3.63) is 142 Å². The summed E-state index contributed by atoms with van der Waals surface area (Å²) in [6, 6.07) is 39.4. The lowest BCUT2D eigenvalue weighted by Crippen LogP contribution is -2.21. The molecule has 0 radical (unpaired) electrons. The van der Waals surface area contributed by atoms with Crippen molar-refractivity contribution in [2.45, 2.75) is 209 Å². The molecule has 76 heavy (non-hydrogen) atoms. The standard InChI is InChI=1S/C68H88.2H3O3P/c1-61(2,3)41-29-33-47(51(37-41)65(13,14)15)57-55-45-27-25-26-28-46(45)56(55)58(48-34-30-42(62(4,5)6)38-52(48)66(16,17)18)60(50-36-32-44(64(10,11)12)40-54(50)68(22,23)24)59(57)49-35-31-43(63(7,8)9)39-53(49)67(19,20)21;2*1-4(2)3/h25-40H,1-24H3;2*4H,(H2,1,2,3). The highest BCUT2D eigenvalue weighted by Gasteiger charge is 2.41. The molecule has 1 aliphatic carbocycles. The number of benzene rings is 6. The minimum absolute atomic E-state index is 0.00475. The fraction of sp³-hybridized carbons (Fsp3) is 0.471. The van der Waals surface area contributed by atoms with Crippen LogP contribution >= 0.6 is 16.5 Å². The summed E-state index contributed by atoms with van der Waals surface area (Å²) in [4.78, 5) is 28.6. The van der Waals surface area contributed by atoms with E-state index in [0.717, 1.165) is 0 Å². The average Bonchev–Trinajstić information content (AvgIpc) is 3.23. The fourth-order valence-corrected chi connectivity index (χ4v) is 10.6. The monoisotopic (exact) mass is 1070 g/mol. The van der Waals surface area contributed by atoms with Crippen molar-refractivity contribution in [1.29, 1.82) is 0 Å². The second kappa shape index (κ2) is 21.7. The van der Waals surface area contributed by atoms with E-state index < -0.39 is 16.5 Å². The third kappa shape index (κ3) is 13.7. The van der Waals surface area contributed by atoms with Crippen LogP contribution in [0.4, 0.5) is 0 Å². The Morgan fingerprint density at radius 1 is 0.250 bits per heavy atom. The van der Waals surface area contributed by atoms with Crippen LogP contribution in [0.1, 0.15) is 211 Å².